The summed E-state index contributed by atoms with van der Waals surface area (Å²) >= 11 is 0. The molecule has 0 saturated heterocycles. The molecule has 2 rings (SSSR count). The van der Waals surface area contributed by atoms with Crippen LogP contribution in [0.15, 0.2) is 54.6 Å². The lowest BCUT2D eigenvalue weighted by molar-refractivity contribution is 0.00697. The molecular formula is C18H23NO2. The molecule has 0 bridgehead atoms. The van der Waals surface area contributed by atoms with Crippen LogP contribution in [0.1, 0.15) is 37.4 Å². The molecule has 0 saturated carbocycles. The van der Waals surface area contributed by atoms with Crippen LogP contribution in [0, 0.1) is 0 Å². The van der Waals surface area contributed by atoms with E-state index in [1.807, 2.05) is 42.5 Å². The van der Waals surface area contributed by atoms with Gasteiger partial charge in [0.05, 0.1) is 19.3 Å². The molecule has 0 heterocycles. The summed E-state index contributed by atoms with van der Waals surface area (Å²) in [5.74, 6) is 0.915. The van der Waals surface area contributed by atoms with E-state index in [4.69, 9.17) is 9.57 Å². The van der Waals surface area contributed by atoms with Gasteiger partial charge in [0.1, 0.15) is 5.75 Å². The van der Waals surface area contributed by atoms with E-state index in [2.05, 4.69) is 31.5 Å². The number of ether oxygens (including phenoxy) is 1. The van der Waals surface area contributed by atoms with Crippen molar-refractivity contribution in [1.29, 1.82) is 0 Å². The largest absolute Gasteiger partial charge is 0.494 e. The van der Waals surface area contributed by atoms with Gasteiger partial charge in [-0.3, -0.25) is 4.84 Å². The fourth-order valence-electron chi connectivity index (χ4n) is 1.96. The smallest absolute Gasteiger partial charge is 0.119 e. The third-order valence-electron chi connectivity index (χ3n) is 3.19. The maximum absolute atomic E-state index is 5.58. The lowest BCUT2D eigenvalue weighted by Gasteiger charge is -2.15. The minimum Gasteiger partial charge on any atom is -0.494 e. The van der Waals surface area contributed by atoms with Crippen molar-refractivity contribution in [2.75, 3.05) is 6.61 Å². The second-order valence-electron chi connectivity index (χ2n) is 5.03. The predicted molar refractivity (Wildman–Crippen MR) is 85.0 cm³/mol. The highest BCUT2D eigenvalue weighted by molar-refractivity contribution is 5.28. The molecule has 0 amide bonds. The van der Waals surface area contributed by atoms with Crippen LogP contribution in [0.2, 0.25) is 0 Å². The van der Waals surface area contributed by atoms with Crippen LogP contribution in [0.4, 0.5) is 0 Å². The van der Waals surface area contributed by atoms with E-state index in [0.29, 0.717) is 6.61 Å². The highest BCUT2D eigenvalue weighted by Gasteiger charge is 2.05. The zero-order valence-electron chi connectivity index (χ0n) is 12.7. The zero-order valence-corrected chi connectivity index (χ0v) is 12.7. The summed E-state index contributed by atoms with van der Waals surface area (Å²) in [6, 6.07) is 18.4. The molecule has 1 atom stereocenters. The van der Waals surface area contributed by atoms with Gasteiger partial charge in [-0.2, -0.15) is 5.48 Å². The van der Waals surface area contributed by atoms with Crippen molar-refractivity contribution in [2.24, 2.45) is 0 Å². The maximum atomic E-state index is 5.58. The summed E-state index contributed by atoms with van der Waals surface area (Å²) in [4.78, 5) is 5.55. The van der Waals surface area contributed by atoms with Crippen LogP contribution in [-0.4, -0.2) is 6.61 Å². The Morgan fingerprint density at radius 2 is 1.71 bits per heavy atom. The molecule has 1 unspecified atom stereocenters. The van der Waals surface area contributed by atoms with Gasteiger partial charge in [-0.1, -0.05) is 49.4 Å². The number of nitrogens with one attached hydrogen (secondary N) is 1. The van der Waals surface area contributed by atoms with E-state index in [9.17, 15) is 0 Å². The minimum atomic E-state index is 0.133. The van der Waals surface area contributed by atoms with Gasteiger partial charge >= 0.3 is 0 Å². The molecular weight excluding hydrogens is 262 g/mol. The van der Waals surface area contributed by atoms with Crippen LogP contribution < -0.4 is 10.2 Å². The molecule has 0 aromatic heterocycles. The highest BCUT2D eigenvalue weighted by Crippen LogP contribution is 2.18. The van der Waals surface area contributed by atoms with E-state index in [1.54, 1.807) is 0 Å². The average molecular weight is 285 g/mol. The number of benzene rings is 2. The van der Waals surface area contributed by atoms with Crippen LogP contribution in [-0.2, 0) is 11.4 Å². The summed E-state index contributed by atoms with van der Waals surface area (Å²) in [5, 5.41) is 0. The number of hydrogen-bond donors (Lipinski definition) is 1. The van der Waals surface area contributed by atoms with Crippen LogP contribution in [0.5, 0.6) is 5.75 Å². The van der Waals surface area contributed by atoms with E-state index in [0.717, 1.165) is 24.3 Å². The summed E-state index contributed by atoms with van der Waals surface area (Å²) < 4.78 is 5.58. The fourth-order valence-corrected chi connectivity index (χ4v) is 1.96. The molecule has 112 valence electrons. The number of hydrogen-bond acceptors (Lipinski definition) is 3. The van der Waals surface area contributed by atoms with Gasteiger partial charge in [0.2, 0.25) is 0 Å². The standard InChI is InChI=1S/C18H23NO2/c1-3-13-20-18-11-9-17(10-12-18)15(2)19-21-14-16-7-5-4-6-8-16/h4-12,15,19H,3,13-14H2,1-2H3. The first-order valence-electron chi connectivity index (χ1n) is 7.43. The summed E-state index contributed by atoms with van der Waals surface area (Å²) in [6.45, 7) is 5.49. The molecule has 0 aliphatic rings. The Labute approximate surface area is 126 Å². The summed E-state index contributed by atoms with van der Waals surface area (Å²) in [7, 11) is 0. The number of hydroxylamine groups is 1. The van der Waals surface area contributed by atoms with E-state index >= 15 is 0 Å². The molecule has 0 aliphatic carbocycles. The Morgan fingerprint density at radius 3 is 2.38 bits per heavy atom. The molecule has 0 radical (unpaired) electrons. The predicted octanol–water partition coefficient (Wildman–Crippen LogP) is 4.26. The van der Waals surface area contributed by atoms with E-state index in [1.165, 1.54) is 5.56 Å². The highest BCUT2D eigenvalue weighted by atomic mass is 16.6. The topological polar surface area (TPSA) is 30.5 Å². The van der Waals surface area contributed by atoms with Crippen LogP contribution in [0.3, 0.4) is 0 Å². The lowest BCUT2D eigenvalue weighted by Crippen LogP contribution is -2.18. The summed E-state index contributed by atoms with van der Waals surface area (Å²) in [6.07, 6.45) is 1.02. The quantitative estimate of drug-likeness (QED) is 0.735. The second-order valence-corrected chi connectivity index (χ2v) is 5.03. The first-order chi connectivity index (χ1) is 10.3. The molecule has 1 N–H and O–H groups in total. The SMILES string of the molecule is CCCOc1ccc(C(C)NOCc2ccccc2)cc1. The lowest BCUT2D eigenvalue weighted by atomic mass is 10.1. The fraction of sp³-hybridized carbons (Fsp3) is 0.333. The molecule has 2 aromatic rings. The monoisotopic (exact) mass is 285 g/mol. The van der Waals surface area contributed by atoms with E-state index < -0.39 is 0 Å². The van der Waals surface area contributed by atoms with Crippen molar-refractivity contribution >= 4 is 0 Å². The second kappa shape index (κ2) is 8.45. The first kappa shape index (κ1) is 15.5. The molecule has 0 aliphatic heterocycles. The van der Waals surface area contributed by atoms with Crippen LogP contribution in [0.25, 0.3) is 0 Å². The molecule has 0 spiro atoms. The molecule has 21 heavy (non-hydrogen) atoms. The zero-order chi connectivity index (χ0) is 14.9. The minimum absolute atomic E-state index is 0.133. The molecule has 2 aromatic carbocycles. The molecule has 0 fully saturated rings. The van der Waals surface area contributed by atoms with Gasteiger partial charge in [0.15, 0.2) is 0 Å². The summed E-state index contributed by atoms with van der Waals surface area (Å²) in [5.41, 5.74) is 5.40. The van der Waals surface area contributed by atoms with Gasteiger partial charge < -0.3 is 4.74 Å². The normalized spacial score (nSPS) is 12.1. The van der Waals surface area contributed by atoms with Crippen molar-refractivity contribution in [2.45, 2.75) is 32.9 Å². The third kappa shape index (κ3) is 5.21. The van der Waals surface area contributed by atoms with Crippen molar-refractivity contribution in [3.05, 3.63) is 65.7 Å². The Balaban J connectivity index is 1.78. The molecule has 3 nitrogen and oxygen atoms in total. The van der Waals surface area contributed by atoms with Gasteiger partial charge in [-0.15, -0.1) is 0 Å². The molecule has 3 heteroatoms. The van der Waals surface area contributed by atoms with Gasteiger partial charge in [-0.05, 0) is 36.6 Å². The van der Waals surface area contributed by atoms with Crippen molar-refractivity contribution in [1.82, 2.24) is 5.48 Å². The van der Waals surface area contributed by atoms with E-state index in [-0.39, 0.29) is 6.04 Å². The van der Waals surface area contributed by atoms with Gasteiger partial charge in [-0.25, -0.2) is 0 Å². The van der Waals surface area contributed by atoms with Crippen molar-refractivity contribution in [3.8, 4) is 5.75 Å². The van der Waals surface area contributed by atoms with Gasteiger partial charge in [0, 0.05) is 0 Å². The van der Waals surface area contributed by atoms with Crippen LogP contribution >= 0.6 is 0 Å². The van der Waals surface area contributed by atoms with Crippen molar-refractivity contribution in [3.63, 3.8) is 0 Å². The Kier molecular flexibility index (Phi) is 6.25. The Hall–Kier alpha value is -1.84. The Morgan fingerprint density at radius 1 is 1.00 bits per heavy atom. The maximum Gasteiger partial charge on any atom is 0.119 e. The third-order valence-corrected chi connectivity index (χ3v) is 3.19. The number of rotatable bonds is 8. The van der Waals surface area contributed by atoms with Gasteiger partial charge in [0.25, 0.3) is 0 Å². The Bertz CT molecular complexity index is 511. The van der Waals surface area contributed by atoms with Crippen molar-refractivity contribution < 1.29 is 9.57 Å². The first-order valence-corrected chi connectivity index (χ1v) is 7.43. The average Bonchev–Trinajstić information content (AvgIpc) is 2.54.